The summed E-state index contributed by atoms with van der Waals surface area (Å²) < 4.78 is 9.66. The molecular formula is C14H18N2O4. The molecule has 108 valence electrons. The van der Waals surface area contributed by atoms with Crippen molar-refractivity contribution >= 4 is 29.5 Å². The molecule has 0 aliphatic carbocycles. The van der Waals surface area contributed by atoms with E-state index in [0.29, 0.717) is 11.4 Å². The van der Waals surface area contributed by atoms with Gasteiger partial charge in [-0.2, -0.15) is 0 Å². The van der Waals surface area contributed by atoms with Crippen molar-refractivity contribution in [3.05, 3.63) is 24.3 Å². The normalized spacial score (nSPS) is 10.8. The van der Waals surface area contributed by atoms with E-state index in [0.717, 1.165) is 0 Å². The minimum Gasteiger partial charge on any atom is -0.465 e. The van der Waals surface area contributed by atoms with Crippen LogP contribution in [0.25, 0.3) is 0 Å². The Bertz CT molecular complexity index is 482. The van der Waals surface area contributed by atoms with Gasteiger partial charge < -0.3 is 15.2 Å². The van der Waals surface area contributed by atoms with Gasteiger partial charge in [0.15, 0.2) is 5.92 Å². The Morgan fingerprint density at radius 3 is 2.35 bits per heavy atom. The van der Waals surface area contributed by atoms with Gasteiger partial charge in [-0.15, -0.1) is 0 Å². The molecule has 0 saturated heterocycles. The average Bonchev–Trinajstić information content (AvgIpc) is 2.39. The van der Waals surface area contributed by atoms with Crippen molar-refractivity contribution in [2.75, 3.05) is 18.9 Å². The largest absolute Gasteiger partial charge is 0.465 e. The van der Waals surface area contributed by atoms with Gasteiger partial charge in [-0.3, -0.25) is 14.6 Å². The Labute approximate surface area is 117 Å². The van der Waals surface area contributed by atoms with E-state index in [4.69, 9.17) is 15.2 Å². The number of benzene rings is 1. The number of anilines is 1. The second kappa shape index (κ2) is 7.93. The molecule has 0 saturated carbocycles. The number of hydrogen-bond donors (Lipinski definition) is 1. The van der Waals surface area contributed by atoms with Gasteiger partial charge in [-0.05, 0) is 32.0 Å². The lowest BCUT2D eigenvalue weighted by atomic mass is 10.1. The highest BCUT2D eigenvalue weighted by Crippen LogP contribution is 2.15. The van der Waals surface area contributed by atoms with Crippen LogP contribution in [0, 0.1) is 5.92 Å². The minimum atomic E-state index is -1.17. The van der Waals surface area contributed by atoms with Crippen LogP contribution in [0.15, 0.2) is 29.3 Å². The number of ether oxygens (including phenoxy) is 2. The Kier molecular flexibility index (Phi) is 6.22. The van der Waals surface area contributed by atoms with Gasteiger partial charge in [-0.1, -0.05) is 6.07 Å². The highest BCUT2D eigenvalue weighted by molar-refractivity contribution is 6.09. The summed E-state index contributed by atoms with van der Waals surface area (Å²) in [5.74, 6) is -2.53. The first-order valence-corrected chi connectivity index (χ1v) is 6.31. The van der Waals surface area contributed by atoms with Crippen LogP contribution in [0.5, 0.6) is 0 Å². The number of hydrogen-bond acceptors (Lipinski definition) is 6. The molecule has 0 fully saturated rings. The molecule has 1 aromatic rings. The van der Waals surface area contributed by atoms with E-state index in [9.17, 15) is 9.59 Å². The van der Waals surface area contributed by atoms with E-state index >= 15 is 0 Å². The summed E-state index contributed by atoms with van der Waals surface area (Å²) in [5.41, 5.74) is 6.71. The Hall–Kier alpha value is -2.37. The standard InChI is InChI=1S/C14H18N2O4/c1-3-19-13(17)12(14(18)20-4-2)9-16-11-7-5-6-10(15)8-11/h5-9,12H,3-4,15H2,1-2H3. The first-order chi connectivity index (χ1) is 9.58. The van der Waals surface area contributed by atoms with E-state index in [1.54, 1.807) is 38.1 Å². The fraction of sp³-hybridized carbons (Fsp3) is 0.357. The number of esters is 2. The van der Waals surface area contributed by atoms with E-state index in [2.05, 4.69) is 4.99 Å². The van der Waals surface area contributed by atoms with Crippen LogP contribution in [0.3, 0.4) is 0 Å². The summed E-state index contributed by atoms with van der Waals surface area (Å²) in [4.78, 5) is 27.5. The number of aliphatic imine (C=N–C) groups is 1. The minimum absolute atomic E-state index is 0.181. The third-order valence-corrected chi connectivity index (χ3v) is 2.32. The number of carbonyl (C=O) groups is 2. The van der Waals surface area contributed by atoms with Gasteiger partial charge in [0.2, 0.25) is 0 Å². The maximum absolute atomic E-state index is 11.7. The highest BCUT2D eigenvalue weighted by atomic mass is 16.6. The van der Waals surface area contributed by atoms with Crippen molar-refractivity contribution in [1.82, 2.24) is 0 Å². The van der Waals surface area contributed by atoms with Crippen molar-refractivity contribution in [3.8, 4) is 0 Å². The van der Waals surface area contributed by atoms with Gasteiger partial charge in [0, 0.05) is 11.9 Å². The third-order valence-electron chi connectivity index (χ3n) is 2.32. The monoisotopic (exact) mass is 278 g/mol. The molecule has 0 bridgehead atoms. The van der Waals surface area contributed by atoms with Gasteiger partial charge in [0.05, 0.1) is 18.9 Å². The number of nitrogens with two attached hydrogens (primary N) is 1. The molecule has 0 unspecified atom stereocenters. The molecule has 0 radical (unpaired) electrons. The van der Waals surface area contributed by atoms with Gasteiger partial charge in [0.1, 0.15) is 0 Å². The molecule has 0 atom stereocenters. The second-order valence-electron chi connectivity index (χ2n) is 3.85. The zero-order valence-corrected chi connectivity index (χ0v) is 11.5. The number of nitrogens with zero attached hydrogens (tertiary/aromatic N) is 1. The average molecular weight is 278 g/mol. The van der Waals surface area contributed by atoms with Crippen molar-refractivity contribution in [3.63, 3.8) is 0 Å². The molecule has 6 heteroatoms. The summed E-state index contributed by atoms with van der Waals surface area (Å²) in [6.07, 6.45) is 1.21. The van der Waals surface area contributed by atoms with Crippen LogP contribution in [0.2, 0.25) is 0 Å². The summed E-state index contributed by atoms with van der Waals surface area (Å²) in [6, 6.07) is 6.78. The van der Waals surface area contributed by atoms with E-state index in [-0.39, 0.29) is 13.2 Å². The molecule has 6 nitrogen and oxygen atoms in total. The molecular weight excluding hydrogens is 260 g/mol. The van der Waals surface area contributed by atoms with Crippen molar-refractivity contribution in [2.24, 2.45) is 10.9 Å². The zero-order chi connectivity index (χ0) is 15.0. The molecule has 0 heterocycles. The molecule has 1 aromatic carbocycles. The first kappa shape index (κ1) is 15.7. The van der Waals surface area contributed by atoms with Crippen LogP contribution in [-0.4, -0.2) is 31.4 Å². The summed E-state index contributed by atoms with van der Waals surface area (Å²) in [6.45, 7) is 3.69. The molecule has 2 N–H and O–H groups in total. The number of carbonyl (C=O) groups excluding carboxylic acids is 2. The smallest absolute Gasteiger partial charge is 0.325 e. The fourth-order valence-electron chi connectivity index (χ4n) is 1.45. The van der Waals surface area contributed by atoms with Crippen LogP contribution in [0.1, 0.15) is 13.8 Å². The second-order valence-corrected chi connectivity index (χ2v) is 3.85. The molecule has 0 aliphatic heterocycles. The summed E-state index contributed by atoms with van der Waals surface area (Å²) >= 11 is 0. The highest BCUT2D eigenvalue weighted by Gasteiger charge is 2.27. The van der Waals surface area contributed by atoms with Crippen molar-refractivity contribution in [1.29, 1.82) is 0 Å². The molecule has 0 aromatic heterocycles. The van der Waals surface area contributed by atoms with Crippen LogP contribution >= 0.6 is 0 Å². The van der Waals surface area contributed by atoms with Gasteiger partial charge >= 0.3 is 11.9 Å². The SMILES string of the molecule is CCOC(=O)C(C=Nc1cccc(N)c1)C(=O)OCC. The summed E-state index contributed by atoms with van der Waals surface area (Å²) in [7, 11) is 0. The van der Waals surface area contributed by atoms with E-state index in [1.807, 2.05) is 0 Å². The zero-order valence-electron chi connectivity index (χ0n) is 11.5. The van der Waals surface area contributed by atoms with Crippen LogP contribution in [0.4, 0.5) is 11.4 Å². The van der Waals surface area contributed by atoms with Crippen molar-refractivity contribution in [2.45, 2.75) is 13.8 Å². The topological polar surface area (TPSA) is 91.0 Å². The molecule has 0 aliphatic rings. The molecule has 0 amide bonds. The predicted molar refractivity (Wildman–Crippen MR) is 75.8 cm³/mol. The van der Waals surface area contributed by atoms with E-state index in [1.165, 1.54) is 6.21 Å². The fourth-order valence-corrected chi connectivity index (χ4v) is 1.45. The van der Waals surface area contributed by atoms with Crippen LogP contribution in [-0.2, 0) is 19.1 Å². The number of rotatable bonds is 6. The Morgan fingerprint density at radius 2 is 1.85 bits per heavy atom. The molecule has 0 spiro atoms. The third kappa shape index (κ3) is 4.72. The lowest BCUT2D eigenvalue weighted by molar-refractivity contribution is -0.157. The number of nitrogen functional groups attached to an aromatic ring is 1. The van der Waals surface area contributed by atoms with Crippen LogP contribution < -0.4 is 5.73 Å². The van der Waals surface area contributed by atoms with E-state index < -0.39 is 17.9 Å². The molecule has 20 heavy (non-hydrogen) atoms. The predicted octanol–water partition coefficient (Wildman–Crippen LogP) is 1.71. The lowest BCUT2D eigenvalue weighted by Crippen LogP contribution is -2.29. The Balaban J connectivity index is 2.88. The molecule has 1 rings (SSSR count). The lowest BCUT2D eigenvalue weighted by Gasteiger charge is -2.09. The van der Waals surface area contributed by atoms with Gasteiger partial charge in [0.25, 0.3) is 0 Å². The summed E-state index contributed by atoms with van der Waals surface area (Å²) in [5, 5.41) is 0. The quantitative estimate of drug-likeness (QED) is 0.370. The first-order valence-electron chi connectivity index (χ1n) is 6.31. The maximum atomic E-state index is 11.7. The van der Waals surface area contributed by atoms with Gasteiger partial charge in [-0.25, -0.2) is 0 Å². The Morgan fingerprint density at radius 1 is 1.25 bits per heavy atom. The maximum Gasteiger partial charge on any atom is 0.325 e. The van der Waals surface area contributed by atoms with Crippen molar-refractivity contribution < 1.29 is 19.1 Å².